The van der Waals surface area contributed by atoms with Crippen molar-refractivity contribution < 1.29 is 9.59 Å². The fraction of sp³-hybridized carbons (Fsp3) is 0.389. The molecule has 126 valence electrons. The van der Waals surface area contributed by atoms with Gasteiger partial charge in [-0.25, -0.2) is 4.98 Å². The van der Waals surface area contributed by atoms with Gasteiger partial charge in [-0.05, 0) is 17.9 Å². The third-order valence-corrected chi connectivity index (χ3v) is 4.26. The number of benzene rings is 1. The first-order chi connectivity index (χ1) is 11.6. The normalized spacial score (nSPS) is 18.9. The van der Waals surface area contributed by atoms with Gasteiger partial charge in [-0.1, -0.05) is 37.3 Å². The largest absolute Gasteiger partial charge is 0.355 e. The van der Waals surface area contributed by atoms with E-state index in [1.807, 2.05) is 30.3 Å². The fourth-order valence-corrected chi connectivity index (χ4v) is 2.61. The van der Waals surface area contributed by atoms with Crippen LogP contribution in [-0.4, -0.2) is 28.3 Å². The van der Waals surface area contributed by atoms with Crippen LogP contribution < -0.4 is 10.6 Å². The van der Waals surface area contributed by atoms with E-state index < -0.39 is 0 Å². The van der Waals surface area contributed by atoms with Crippen molar-refractivity contribution in [3.8, 4) is 11.3 Å². The van der Waals surface area contributed by atoms with Gasteiger partial charge in [0.1, 0.15) is 5.82 Å². The Hall–Kier alpha value is -2.63. The number of imidazole rings is 1. The molecule has 1 aromatic heterocycles. The molecule has 24 heavy (non-hydrogen) atoms. The number of nitrogens with one attached hydrogen (secondary N) is 3. The Bertz CT molecular complexity index is 711. The molecule has 0 radical (unpaired) electrons. The van der Waals surface area contributed by atoms with Crippen LogP contribution in [0.4, 0.5) is 0 Å². The summed E-state index contributed by atoms with van der Waals surface area (Å²) in [6.45, 7) is 2.78. The Kier molecular flexibility index (Phi) is 4.93. The van der Waals surface area contributed by atoms with Crippen LogP contribution in [0.25, 0.3) is 11.3 Å². The van der Waals surface area contributed by atoms with Gasteiger partial charge in [0.05, 0.1) is 18.4 Å². The second-order valence-electron chi connectivity index (χ2n) is 6.25. The first-order valence-electron chi connectivity index (χ1n) is 8.27. The lowest BCUT2D eigenvalue weighted by Gasteiger charge is -2.05. The predicted molar refractivity (Wildman–Crippen MR) is 90.8 cm³/mol. The maximum atomic E-state index is 11.8. The van der Waals surface area contributed by atoms with Gasteiger partial charge in [0, 0.05) is 18.9 Å². The number of H-pyrrole nitrogens is 1. The first kappa shape index (κ1) is 16.2. The molecule has 1 aliphatic carbocycles. The van der Waals surface area contributed by atoms with Crippen LogP contribution in [0.5, 0.6) is 0 Å². The average molecular weight is 326 g/mol. The number of carbonyl (C=O) groups excluding carboxylic acids is 2. The van der Waals surface area contributed by atoms with E-state index in [9.17, 15) is 9.59 Å². The van der Waals surface area contributed by atoms with Crippen molar-refractivity contribution in [1.82, 2.24) is 20.6 Å². The second-order valence-corrected chi connectivity index (χ2v) is 6.25. The van der Waals surface area contributed by atoms with Gasteiger partial charge in [-0.3, -0.25) is 9.59 Å². The zero-order valence-corrected chi connectivity index (χ0v) is 13.7. The molecule has 1 fully saturated rings. The molecule has 6 heteroatoms. The fourth-order valence-electron chi connectivity index (χ4n) is 2.61. The van der Waals surface area contributed by atoms with Crippen LogP contribution in [0.15, 0.2) is 36.5 Å². The van der Waals surface area contributed by atoms with Crippen molar-refractivity contribution >= 4 is 11.8 Å². The van der Waals surface area contributed by atoms with Crippen molar-refractivity contribution in [2.24, 2.45) is 11.8 Å². The molecule has 2 aromatic rings. The third kappa shape index (κ3) is 4.22. The molecule has 1 aliphatic rings. The Labute approximate surface area is 141 Å². The molecule has 2 atom stereocenters. The Morgan fingerprint density at radius 3 is 2.71 bits per heavy atom. The summed E-state index contributed by atoms with van der Waals surface area (Å²) < 4.78 is 0. The Morgan fingerprint density at radius 1 is 1.25 bits per heavy atom. The van der Waals surface area contributed by atoms with Crippen molar-refractivity contribution in [3.63, 3.8) is 0 Å². The minimum absolute atomic E-state index is 0.0637. The molecule has 0 saturated heterocycles. The molecule has 6 nitrogen and oxygen atoms in total. The molecule has 1 aromatic carbocycles. The zero-order valence-electron chi connectivity index (χ0n) is 13.7. The molecule has 1 heterocycles. The smallest absolute Gasteiger partial charge is 0.223 e. The van der Waals surface area contributed by atoms with E-state index in [2.05, 4.69) is 27.5 Å². The summed E-state index contributed by atoms with van der Waals surface area (Å²) >= 11 is 0. The van der Waals surface area contributed by atoms with Gasteiger partial charge in [-0.2, -0.15) is 0 Å². The number of hydrogen-bond donors (Lipinski definition) is 3. The van der Waals surface area contributed by atoms with Gasteiger partial charge in [0.25, 0.3) is 0 Å². The standard InChI is InChI=1S/C18H22N4O2/c1-12-9-14(12)18(24)19-8-7-17(23)21-11-16-20-10-15(22-16)13-5-3-2-4-6-13/h2-6,10,12,14H,7-9,11H2,1H3,(H,19,24)(H,20,22)(H,21,23)/t12-,14+/m0/s1. The molecule has 0 aliphatic heterocycles. The molecule has 1 saturated carbocycles. The molecule has 2 amide bonds. The van der Waals surface area contributed by atoms with Gasteiger partial charge >= 0.3 is 0 Å². The third-order valence-electron chi connectivity index (χ3n) is 4.26. The first-order valence-corrected chi connectivity index (χ1v) is 8.27. The number of aromatic nitrogens is 2. The topological polar surface area (TPSA) is 86.9 Å². The highest BCUT2D eigenvalue weighted by Crippen LogP contribution is 2.37. The van der Waals surface area contributed by atoms with Crippen molar-refractivity contribution in [3.05, 3.63) is 42.4 Å². The van der Waals surface area contributed by atoms with Gasteiger partial charge in [-0.15, -0.1) is 0 Å². The number of hydrogen-bond acceptors (Lipinski definition) is 3. The number of aromatic amines is 1. The van der Waals surface area contributed by atoms with Gasteiger partial charge < -0.3 is 15.6 Å². The molecule has 0 spiro atoms. The molecule has 0 unspecified atom stereocenters. The lowest BCUT2D eigenvalue weighted by molar-refractivity contribution is -0.123. The number of rotatable bonds is 7. The van der Waals surface area contributed by atoms with E-state index >= 15 is 0 Å². The highest BCUT2D eigenvalue weighted by molar-refractivity contribution is 5.82. The minimum atomic E-state index is -0.100. The van der Waals surface area contributed by atoms with Crippen LogP contribution in [0, 0.1) is 11.8 Å². The van der Waals surface area contributed by atoms with Gasteiger partial charge in [0.2, 0.25) is 11.8 Å². The predicted octanol–water partition coefficient (Wildman–Crippen LogP) is 1.86. The van der Waals surface area contributed by atoms with Crippen LogP contribution in [-0.2, 0) is 16.1 Å². The lowest BCUT2D eigenvalue weighted by atomic mass is 10.2. The van der Waals surface area contributed by atoms with E-state index in [4.69, 9.17) is 0 Å². The highest BCUT2D eigenvalue weighted by atomic mass is 16.2. The lowest BCUT2D eigenvalue weighted by Crippen LogP contribution is -2.31. The summed E-state index contributed by atoms with van der Waals surface area (Å²) in [5.74, 6) is 1.30. The van der Waals surface area contributed by atoms with Crippen LogP contribution in [0.2, 0.25) is 0 Å². The highest BCUT2D eigenvalue weighted by Gasteiger charge is 2.38. The molecule has 0 bridgehead atoms. The molecule has 3 N–H and O–H groups in total. The number of nitrogens with zero attached hydrogens (tertiary/aromatic N) is 1. The van der Waals surface area contributed by atoms with Crippen molar-refractivity contribution in [1.29, 1.82) is 0 Å². The van der Waals surface area contributed by atoms with E-state index in [1.54, 1.807) is 6.20 Å². The van der Waals surface area contributed by atoms with E-state index in [1.165, 1.54) is 0 Å². The van der Waals surface area contributed by atoms with Gasteiger partial charge in [0.15, 0.2) is 0 Å². The van der Waals surface area contributed by atoms with Crippen LogP contribution in [0.3, 0.4) is 0 Å². The van der Waals surface area contributed by atoms with E-state index in [-0.39, 0.29) is 24.2 Å². The quantitative estimate of drug-likeness (QED) is 0.726. The Morgan fingerprint density at radius 2 is 2.00 bits per heavy atom. The SMILES string of the molecule is C[C@H]1C[C@H]1C(=O)NCCC(=O)NCc1ncc(-c2ccccc2)[nH]1. The van der Waals surface area contributed by atoms with E-state index in [0.717, 1.165) is 17.7 Å². The maximum absolute atomic E-state index is 11.8. The summed E-state index contributed by atoms with van der Waals surface area (Å²) in [4.78, 5) is 30.9. The maximum Gasteiger partial charge on any atom is 0.223 e. The summed E-state index contributed by atoms with van der Waals surface area (Å²) in [6, 6.07) is 9.89. The minimum Gasteiger partial charge on any atom is -0.355 e. The molecular weight excluding hydrogens is 304 g/mol. The summed E-state index contributed by atoms with van der Waals surface area (Å²) in [5, 5.41) is 5.61. The number of carbonyl (C=O) groups is 2. The summed E-state index contributed by atoms with van der Waals surface area (Å²) in [7, 11) is 0. The second kappa shape index (κ2) is 7.29. The molecule has 3 rings (SSSR count). The van der Waals surface area contributed by atoms with E-state index in [0.29, 0.717) is 24.8 Å². The summed E-state index contributed by atoms with van der Waals surface area (Å²) in [5.41, 5.74) is 1.98. The van der Waals surface area contributed by atoms with Crippen LogP contribution >= 0.6 is 0 Å². The van der Waals surface area contributed by atoms with Crippen LogP contribution in [0.1, 0.15) is 25.6 Å². The zero-order chi connectivity index (χ0) is 16.9. The number of amides is 2. The summed E-state index contributed by atoms with van der Waals surface area (Å²) in [6.07, 6.45) is 2.99. The van der Waals surface area contributed by atoms with Crippen molar-refractivity contribution in [2.75, 3.05) is 6.54 Å². The average Bonchev–Trinajstić information content (AvgIpc) is 3.14. The Balaban J connectivity index is 1.38. The van der Waals surface area contributed by atoms with Crippen molar-refractivity contribution in [2.45, 2.75) is 26.3 Å². The monoisotopic (exact) mass is 326 g/mol. The molecular formula is C18H22N4O2.